The molecule has 1 aromatic carbocycles. The molecule has 1 aliphatic carbocycles. The average Bonchev–Trinajstić information content (AvgIpc) is 2.98. The maximum Gasteiger partial charge on any atom is 0.123 e. The van der Waals surface area contributed by atoms with Gasteiger partial charge in [-0.3, -0.25) is 0 Å². The molecule has 17 heavy (non-hydrogen) atoms. The van der Waals surface area contributed by atoms with E-state index in [4.69, 9.17) is 15.2 Å². The second-order valence-corrected chi connectivity index (χ2v) is 5.08. The first-order chi connectivity index (χ1) is 8.29. The molecule has 0 bridgehead atoms. The van der Waals surface area contributed by atoms with Crippen LogP contribution in [0.25, 0.3) is 0 Å². The van der Waals surface area contributed by atoms with Gasteiger partial charge in [-0.15, -0.1) is 0 Å². The molecule has 0 atom stereocenters. The van der Waals surface area contributed by atoms with E-state index in [2.05, 4.69) is 12.1 Å². The fraction of sp³-hybridized carbons (Fsp3) is 0.571. The van der Waals surface area contributed by atoms with E-state index in [0.29, 0.717) is 0 Å². The standard InChI is InChI=1S/C14H19NO2/c1-16-13-8-10-2-7-17-12(10)9-11(13)14(3-4-14)5-6-15/h8-9H,2-7,15H2,1H3. The molecule has 2 aliphatic rings. The Labute approximate surface area is 102 Å². The molecule has 1 heterocycles. The summed E-state index contributed by atoms with van der Waals surface area (Å²) in [6, 6.07) is 4.33. The Kier molecular flexibility index (Phi) is 2.51. The van der Waals surface area contributed by atoms with E-state index in [1.807, 2.05) is 0 Å². The highest BCUT2D eigenvalue weighted by Gasteiger charge is 2.45. The zero-order valence-electron chi connectivity index (χ0n) is 10.3. The summed E-state index contributed by atoms with van der Waals surface area (Å²) in [6.07, 6.45) is 4.48. The molecule has 92 valence electrons. The molecule has 0 unspecified atom stereocenters. The van der Waals surface area contributed by atoms with Crippen molar-refractivity contribution in [1.29, 1.82) is 0 Å². The van der Waals surface area contributed by atoms with Gasteiger partial charge in [-0.25, -0.2) is 0 Å². The second kappa shape index (κ2) is 3.91. The van der Waals surface area contributed by atoms with Crippen LogP contribution in [0.2, 0.25) is 0 Å². The lowest BCUT2D eigenvalue weighted by Crippen LogP contribution is -2.14. The Hall–Kier alpha value is -1.22. The first kappa shape index (κ1) is 10.9. The van der Waals surface area contributed by atoms with Gasteiger partial charge >= 0.3 is 0 Å². The Balaban J connectivity index is 2.03. The third-order valence-corrected chi connectivity index (χ3v) is 4.06. The molecule has 0 spiro atoms. The van der Waals surface area contributed by atoms with E-state index < -0.39 is 0 Å². The summed E-state index contributed by atoms with van der Waals surface area (Å²) in [7, 11) is 1.75. The number of benzene rings is 1. The zero-order valence-corrected chi connectivity index (χ0v) is 10.3. The lowest BCUT2D eigenvalue weighted by molar-refractivity contribution is 0.355. The number of methoxy groups -OCH3 is 1. The molecule has 0 saturated heterocycles. The van der Waals surface area contributed by atoms with Crippen LogP contribution >= 0.6 is 0 Å². The van der Waals surface area contributed by atoms with Crippen molar-refractivity contribution in [2.75, 3.05) is 20.3 Å². The molecule has 0 radical (unpaired) electrons. The van der Waals surface area contributed by atoms with Gasteiger partial charge in [0.1, 0.15) is 11.5 Å². The van der Waals surface area contributed by atoms with Crippen LogP contribution in [0.4, 0.5) is 0 Å². The molecule has 1 aliphatic heterocycles. The summed E-state index contributed by atoms with van der Waals surface area (Å²) in [5.41, 5.74) is 8.56. The Bertz CT molecular complexity index is 438. The Morgan fingerprint density at radius 1 is 1.41 bits per heavy atom. The summed E-state index contributed by atoms with van der Waals surface area (Å²) in [5.74, 6) is 2.06. The van der Waals surface area contributed by atoms with Crippen molar-refractivity contribution < 1.29 is 9.47 Å². The van der Waals surface area contributed by atoms with E-state index in [1.165, 1.54) is 24.0 Å². The lowest BCUT2D eigenvalue weighted by atomic mass is 9.90. The largest absolute Gasteiger partial charge is 0.496 e. The van der Waals surface area contributed by atoms with Crippen molar-refractivity contribution in [2.45, 2.75) is 31.1 Å². The van der Waals surface area contributed by atoms with Crippen LogP contribution in [-0.2, 0) is 11.8 Å². The van der Waals surface area contributed by atoms with Crippen molar-refractivity contribution >= 4 is 0 Å². The molecular formula is C14H19NO2. The van der Waals surface area contributed by atoms with Crippen LogP contribution in [0.1, 0.15) is 30.4 Å². The Morgan fingerprint density at radius 2 is 2.24 bits per heavy atom. The molecule has 1 saturated carbocycles. The van der Waals surface area contributed by atoms with Gasteiger partial charge in [0, 0.05) is 23.0 Å². The number of nitrogens with two attached hydrogens (primary N) is 1. The third-order valence-electron chi connectivity index (χ3n) is 4.06. The maximum atomic E-state index is 5.72. The quantitative estimate of drug-likeness (QED) is 0.865. The molecule has 3 rings (SSSR count). The summed E-state index contributed by atoms with van der Waals surface area (Å²) in [5, 5.41) is 0. The molecule has 0 amide bonds. The average molecular weight is 233 g/mol. The number of fused-ring (bicyclic) bond motifs is 1. The first-order valence-electron chi connectivity index (χ1n) is 6.33. The van der Waals surface area contributed by atoms with Crippen molar-refractivity contribution in [3.8, 4) is 11.5 Å². The van der Waals surface area contributed by atoms with Gasteiger partial charge in [0.05, 0.1) is 13.7 Å². The van der Waals surface area contributed by atoms with Crippen molar-refractivity contribution in [3.63, 3.8) is 0 Å². The molecular weight excluding hydrogens is 214 g/mol. The molecule has 3 heteroatoms. The predicted molar refractivity (Wildman–Crippen MR) is 66.8 cm³/mol. The fourth-order valence-electron chi connectivity index (χ4n) is 2.87. The van der Waals surface area contributed by atoms with Gasteiger partial charge in [-0.1, -0.05) is 0 Å². The molecule has 0 aromatic heterocycles. The molecule has 3 nitrogen and oxygen atoms in total. The molecule has 1 aromatic rings. The van der Waals surface area contributed by atoms with Crippen LogP contribution in [-0.4, -0.2) is 20.3 Å². The minimum absolute atomic E-state index is 0.265. The summed E-state index contributed by atoms with van der Waals surface area (Å²) >= 11 is 0. The minimum atomic E-state index is 0.265. The molecule has 2 N–H and O–H groups in total. The van der Waals surface area contributed by atoms with E-state index in [-0.39, 0.29) is 5.41 Å². The van der Waals surface area contributed by atoms with Crippen molar-refractivity contribution in [1.82, 2.24) is 0 Å². The van der Waals surface area contributed by atoms with Crippen LogP contribution in [0.15, 0.2) is 12.1 Å². The van der Waals surface area contributed by atoms with E-state index >= 15 is 0 Å². The maximum absolute atomic E-state index is 5.72. The van der Waals surface area contributed by atoms with Crippen LogP contribution in [0.3, 0.4) is 0 Å². The van der Waals surface area contributed by atoms with Crippen LogP contribution < -0.4 is 15.2 Å². The SMILES string of the molecule is COc1cc2c(cc1C1(CCN)CC1)OCC2. The van der Waals surface area contributed by atoms with Gasteiger partial charge in [0.15, 0.2) is 0 Å². The number of ether oxygens (including phenoxy) is 2. The highest BCUT2D eigenvalue weighted by molar-refractivity contribution is 5.53. The monoisotopic (exact) mass is 233 g/mol. The van der Waals surface area contributed by atoms with Crippen molar-refractivity contribution in [2.24, 2.45) is 5.73 Å². The molecule has 1 fully saturated rings. The predicted octanol–water partition coefficient (Wildman–Crippen LogP) is 2.01. The normalized spacial score (nSPS) is 19.6. The number of hydrogen-bond acceptors (Lipinski definition) is 3. The number of hydrogen-bond donors (Lipinski definition) is 1. The summed E-state index contributed by atoms with van der Waals surface area (Å²) in [6.45, 7) is 1.53. The van der Waals surface area contributed by atoms with Crippen molar-refractivity contribution in [3.05, 3.63) is 23.3 Å². The van der Waals surface area contributed by atoms with Gasteiger partial charge in [-0.05, 0) is 37.9 Å². The minimum Gasteiger partial charge on any atom is -0.496 e. The van der Waals surface area contributed by atoms with Gasteiger partial charge in [0.2, 0.25) is 0 Å². The fourth-order valence-corrected chi connectivity index (χ4v) is 2.87. The summed E-state index contributed by atoms with van der Waals surface area (Å²) in [4.78, 5) is 0. The van der Waals surface area contributed by atoms with Crippen LogP contribution in [0, 0.1) is 0 Å². The highest BCUT2D eigenvalue weighted by Crippen LogP contribution is 2.55. The van der Waals surface area contributed by atoms with Gasteiger partial charge in [-0.2, -0.15) is 0 Å². The van der Waals surface area contributed by atoms with Gasteiger partial charge in [0.25, 0.3) is 0 Å². The second-order valence-electron chi connectivity index (χ2n) is 5.08. The van der Waals surface area contributed by atoms with E-state index in [1.54, 1.807) is 7.11 Å². The lowest BCUT2D eigenvalue weighted by Gasteiger charge is -2.19. The smallest absolute Gasteiger partial charge is 0.123 e. The van der Waals surface area contributed by atoms with Crippen LogP contribution in [0.5, 0.6) is 11.5 Å². The zero-order chi connectivity index (χ0) is 11.9. The van der Waals surface area contributed by atoms with E-state index in [0.717, 1.165) is 37.5 Å². The summed E-state index contributed by atoms with van der Waals surface area (Å²) < 4.78 is 11.2. The number of rotatable bonds is 4. The first-order valence-corrected chi connectivity index (χ1v) is 6.33. The highest BCUT2D eigenvalue weighted by atomic mass is 16.5. The van der Waals surface area contributed by atoms with Gasteiger partial charge < -0.3 is 15.2 Å². The topological polar surface area (TPSA) is 44.5 Å². The Morgan fingerprint density at radius 3 is 2.88 bits per heavy atom. The van der Waals surface area contributed by atoms with E-state index in [9.17, 15) is 0 Å². The third kappa shape index (κ3) is 1.69.